The summed E-state index contributed by atoms with van der Waals surface area (Å²) in [6.07, 6.45) is 1.35. The van der Waals surface area contributed by atoms with Gasteiger partial charge in [-0.25, -0.2) is 9.50 Å². The van der Waals surface area contributed by atoms with Gasteiger partial charge in [-0.2, -0.15) is 0 Å². The van der Waals surface area contributed by atoms with E-state index in [9.17, 15) is 9.59 Å². The van der Waals surface area contributed by atoms with E-state index in [0.717, 1.165) is 4.52 Å². The number of ether oxygens (including phenoxy) is 1. The first kappa shape index (κ1) is 14.2. The van der Waals surface area contributed by atoms with E-state index in [-0.39, 0.29) is 16.8 Å². The van der Waals surface area contributed by atoms with Gasteiger partial charge in [0.15, 0.2) is 5.65 Å². The van der Waals surface area contributed by atoms with Gasteiger partial charge >= 0.3 is 0 Å². The van der Waals surface area contributed by atoms with Gasteiger partial charge in [-0.05, 0) is 12.1 Å². The molecule has 3 rings (SSSR count). The number of benzene rings is 1. The van der Waals surface area contributed by atoms with Gasteiger partial charge in [-0.15, -0.1) is 0 Å². The number of halogens is 1. The number of H-pyrrole nitrogens is 1. The van der Waals surface area contributed by atoms with Gasteiger partial charge in [0.2, 0.25) is 0 Å². The predicted molar refractivity (Wildman–Crippen MR) is 81.3 cm³/mol. The molecule has 112 valence electrons. The van der Waals surface area contributed by atoms with Crippen LogP contribution in [-0.2, 0) is 0 Å². The van der Waals surface area contributed by atoms with Crippen molar-refractivity contribution < 1.29 is 9.53 Å². The number of aromatic amines is 1. The van der Waals surface area contributed by atoms with Crippen molar-refractivity contribution in [1.82, 2.24) is 14.6 Å². The second kappa shape index (κ2) is 5.19. The smallest absolute Gasteiger partial charge is 0.273 e. The van der Waals surface area contributed by atoms with E-state index in [1.54, 1.807) is 18.2 Å². The van der Waals surface area contributed by atoms with Gasteiger partial charge in [-0.3, -0.25) is 14.7 Å². The van der Waals surface area contributed by atoms with Crippen molar-refractivity contribution in [1.29, 1.82) is 0 Å². The van der Waals surface area contributed by atoms with Gasteiger partial charge in [0.05, 0.1) is 17.8 Å². The van der Waals surface area contributed by atoms with E-state index in [1.807, 2.05) is 0 Å². The Morgan fingerprint density at radius 2 is 2.18 bits per heavy atom. The fourth-order valence-corrected chi connectivity index (χ4v) is 2.32. The Morgan fingerprint density at radius 1 is 1.41 bits per heavy atom. The summed E-state index contributed by atoms with van der Waals surface area (Å²) in [4.78, 5) is 27.8. The number of methoxy groups -OCH3 is 1. The Labute approximate surface area is 129 Å². The maximum Gasteiger partial charge on any atom is 0.273 e. The maximum atomic E-state index is 12.1. The molecule has 1 amide bonds. The van der Waals surface area contributed by atoms with Crippen LogP contribution in [0.3, 0.4) is 0 Å². The van der Waals surface area contributed by atoms with Crippen molar-refractivity contribution in [2.24, 2.45) is 5.73 Å². The highest BCUT2D eigenvalue weighted by atomic mass is 35.5. The van der Waals surface area contributed by atoms with E-state index in [1.165, 1.54) is 19.4 Å². The lowest BCUT2D eigenvalue weighted by Crippen LogP contribution is -2.16. The maximum absolute atomic E-state index is 12.1. The van der Waals surface area contributed by atoms with E-state index < -0.39 is 5.91 Å². The van der Waals surface area contributed by atoms with Crippen LogP contribution in [0.5, 0.6) is 5.75 Å². The Kier molecular flexibility index (Phi) is 3.34. The van der Waals surface area contributed by atoms with Gasteiger partial charge in [0.25, 0.3) is 11.5 Å². The molecule has 0 spiro atoms. The van der Waals surface area contributed by atoms with Gasteiger partial charge in [0, 0.05) is 17.8 Å². The van der Waals surface area contributed by atoms with Crippen molar-refractivity contribution in [3.63, 3.8) is 0 Å². The van der Waals surface area contributed by atoms with Crippen LogP contribution in [0.4, 0.5) is 0 Å². The molecule has 7 nitrogen and oxygen atoms in total. The third-order valence-electron chi connectivity index (χ3n) is 3.21. The minimum atomic E-state index is -0.670. The number of aromatic nitrogens is 3. The summed E-state index contributed by atoms with van der Waals surface area (Å²) in [6.45, 7) is 0. The third-order valence-corrected chi connectivity index (χ3v) is 3.52. The minimum absolute atomic E-state index is 0.139. The molecular weight excluding hydrogens is 308 g/mol. The topological polar surface area (TPSA) is 102 Å². The van der Waals surface area contributed by atoms with Crippen molar-refractivity contribution >= 4 is 23.2 Å². The second-order valence-corrected chi connectivity index (χ2v) is 4.95. The quantitative estimate of drug-likeness (QED) is 0.763. The molecule has 8 heteroatoms. The third kappa shape index (κ3) is 2.21. The Hall–Kier alpha value is -2.80. The predicted octanol–water partition coefficient (Wildman–Crippen LogP) is 1.45. The molecule has 0 aliphatic heterocycles. The number of nitrogens with zero attached hydrogens (tertiary/aromatic N) is 2. The van der Waals surface area contributed by atoms with Crippen LogP contribution < -0.4 is 16.0 Å². The number of fused-ring (bicyclic) bond motifs is 1. The van der Waals surface area contributed by atoms with Crippen molar-refractivity contribution in [3.05, 3.63) is 51.4 Å². The lowest BCUT2D eigenvalue weighted by Gasteiger charge is -2.06. The Bertz CT molecular complexity index is 945. The normalized spacial score (nSPS) is 10.8. The van der Waals surface area contributed by atoms with Crippen LogP contribution in [0.15, 0.2) is 35.3 Å². The summed E-state index contributed by atoms with van der Waals surface area (Å²) < 4.78 is 6.30. The molecule has 0 aliphatic carbocycles. The largest absolute Gasteiger partial charge is 0.495 e. The molecule has 2 aromatic heterocycles. The van der Waals surface area contributed by atoms with Crippen molar-refractivity contribution in [2.75, 3.05) is 7.11 Å². The molecule has 0 aliphatic rings. The molecule has 1 aromatic carbocycles. The SMILES string of the molecule is COc1cc(-c2cc(=O)n3[nH]cc(C(N)=O)c3n2)ccc1Cl. The van der Waals surface area contributed by atoms with E-state index in [2.05, 4.69) is 10.1 Å². The molecule has 0 saturated heterocycles. The Balaban J connectivity index is 2.25. The summed E-state index contributed by atoms with van der Waals surface area (Å²) in [5.74, 6) is -0.207. The number of carbonyl (C=O) groups is 1. The highest BCUT2D eigenvalue weighted by Gasteiger charge is 2.14. The highest BCUT2D eigenvalue weighted by molar-refractivity contribution is 6.32. The molecule has 22 heavy (non-hydrogen) atoms. The monoisotopic (exact) mass is 318 g/mol. The number of rotatable bonds is 3. The van der Waals surface area contributed by atoms with E-state index in [4.69, 9.17) is 22.1 Å². The zero-order chi connectivity index (χ0) is 15.9. The van der Waals surface area contributed by atoms with Gasteiger partial charge in [-0.1, -0.05) is 17.7 Å². The summed E-state index contributed by atoms with van der Waals surface area (Å²) in [6, 6.07) is 6.36. The standard InChI is InChI=1S/C14H11ClN4O3/c1-22-11-4-7(2-3-9(11)15)10-5-12(20)19-14(18-10)8(6-17-19)13(16)21/h2-6,17H,1H3,(H2,16,21). The lowest BCUT2D eigenvalue weighted by atomic mass is 10.1. The number of amides is 1. The summed E-state index contributed by atoms with van der Waals surface area (Å²) in [5.41, 5.74) is 6.25. The first-order valence-electron chi connectivity index (χ1n) is 6.26. The number of carbonyl (C=O) groups excluding carboxylic acids is 1. The first-order chi connectivity index (χ1) is 10.5. The molecule has 3 N–H and O–H groups in total. The number of nitrogens with one attached hydrogen (secondary N) is 1. The molecule has 2 heterocycles. The van der Waals surface area contributed by atoms with E-state index >= 15 is 0 Å². The minimum Gasteiger partial charge on any atom is -0.495 e. The highest BCUT2D eigenvalue weighted by Crippen LogP contribution is 2.29. The lowest BCUT2D eigenvalue weighted by molar-refractivity contribution is 0.100. The molecular formula is C14H11ClN4O3. The van der Waals surface area contributed by atoms with E-state index in [0.29, 0.717) is 22.0 Å². The van der Waals surface area contributed by atoms with Crippen LogP contribution in [0.25, 0.3) is 16.9 Å². The number of primary amides is 1. The van der Waals surface area contributed by atoms with Gasteiger partial charge in [0.1, 0.15) is 11.3 Å². The van der Waals surface area contributed by atoms with Crippen LogP contribution in [0.2, 0.25) is 5.02 Å². The van der Waals surface area contributed by atoms with Crippen molar-refractivity contribution in [3.8, 4) is 17.0 Å². The first-order valence-corrected chi connectivity index (χ1v) is 6.64. The molecule has 0 bridgehead atoms. The van der Waals surface area contributed by atoms with Gasteiger partial charge < -0.3 is 10.5 Å². The molecule has 0 unspecified atom stereocenters. The second-order valence-electron chi connectivity index (χ2n) is 4.54. The van der Waals surface area contributed by atoms with Crippen LogP contribution in [0.1, 0.15) is 10.4 Å². The molecule has 3 aromatic rings. The molecule has 0 radical (unpaired) electrons. The molecule has 0 atom stereocenters. The molecule has 0 saturated carbocycles. The van der Waals surface area contributed by atoms with Crippen molar-refractivity contribution in [2.45, 2.75) is 0 Å². The summed E-state index contributed by atoms with van der Waals surface area (Å²) in [5, 5.41) is 3.09. The number of hydrogen-bond donors (Lipinski definition) is 2. The summed E-state index contributed by atoms with van der Waals surface area (Å²) in [7, 11) is 1.49. The fraction of sp³-hybridized carbons (Fsp3) is 0.0714. The van der Waals surface area contributed by atoms with Crippen LogP contribution in [0, 0.1) is 0 Å². The van der Waals surface area contributed by atoms with Crippen LogP contribution >= 0.6 is 11.6 Å². The van der Waals surface area contributed by atoms with Crippen LogP contribution in [-0.4, -0.2) is 27.6 Å². The fourth-order valence-electron chi connectivity index (χ4n) is 2.13. The number of nitrogens with two attached hydrogens (primary N) is 1. The average Bonchev–Trinajstić information content (AvgIpc) is 2.92. The molecule has 0 fully saturated rings. The average molecular weight is 319 g/mol. The zero-order valence-electron chi connectivity index (χ0n) is 11.5. The number of hydrogen-bond acceptors (Lipinski definition) is 4. The zero-order valence-corrected chi connectivity index (χ0v) is 12.2. The Morgan fingerprint density at radius 3 is 2.86 bits per heavy atom. The summed E-state index contributed by atoms with van der Waals surface area (Å²) >= 11 is 5.98.